The molecule has 25 heavy (non-hydrogen) atoms. The van der Waals surface area contributed by atoms with Crippen LogP contribution in [0.2, 0.25) is 0 Å². The van der Waals surface area contributed by atoms with E-state index in [0.29, 0.717) is 6.42 Å². The van der Waals surface area contributed by atoms with E-state index in [9.17, 15) is 4.79 Å². The molecule has 0 saturated heterocycles. The molecule has 3 heteroatoms. The van der Waals surface area contributed by atoms with Crippen LogP contribution in [0.15, 0.2) is 42.5 Å². The van der Waals surface area contributed by atoms with Crippen molar-refractivity contribution >= 4 is 16.7 Å². The van der Waals surface area contributed by atoms with E-state index in [1.54, 1.807) is 0 Å². The van der Waals surface area contributed by atoms with Crippen LogP contribution in [0.25, 0.3) is 10.8 Å². The third-order valence-corrected chi connectivity index (χ3v) is 4.10. The maximum atomic E-state index is 12.7. The van der Waals surface area contributed by atoms with E-state index in [1.807, 2.05) is 37.3 Å². The minimum Gasteiger partial charge on any atom is -0.481 e. The third kappa shape index (κ3) is 5.77. The van der Waals surface area contributed by atoms with E-state index in [4.69, 9.17) is 4.74 Å². The monoisotopic (exact) mass is 341 g/mol. The van der Waals surface area contributed by atoms with Gasteiger partial charge in [-0.05, 0) is 55.0 Å². The van der Waals surface area contributed by atoms with Crippen LogP contribution < -0.4 is 10.1 Å². The van der Waals surface area contributed by atoms with Crippen LogP contribution in [0, 0.1) is 5.41 Å². The largest absolute Gasteiger partial charge is 0.481 e. The summed E-state index contributed by atoms with van der Waals surface area (Å²) < 4.78 is 6.00. The van der Waals surface area contributed by atoms with Gasteiger partial charge in [-0.15, -0.1) is 0 Å². The first-order chi connectivity index (χ1) is 11.6. The second-order valence-corrected chi connectivity index (χ2v) is 8.63. The van der Waals surface area contributed by atoms with Crippen molar-refractivity contribution in [2.75, 3.05) is 0 Å². The second-order valence-electron chi connectivity index (χ2n) is 8.63. The van der Waals surface area contributed by atoms with Crippen molar-refractivity contribution in [1.29, 1.82) is 0 Å². The third-order valence-electron chi connectivity index (χ3n) is 4.10. The number of hydrogen-bond acceptors (Lipinski definition) is 2. The first kappa shape index (κ1) is 19.3. The molecule has 1 atom stereocenters. The Balaban J connectivity index is 2.08. The summed E-state index contributed by atoms with van der Waals surface area (Å²) in [4.78, 5) is 12.7. The highest BCUT2D eigenvalue weighted by Gasteiger charge is 2.30. The van der Waals surface area contributed by atoms with Crippen molar-refractivity contribution in [2.45, 2.75) is 66.0 Å². The maximum absolute atomic E-state index is 12.7. The molecular weight excluding hydrogens is 310 g/mol. The van der Waals surface area contributed by atoms with Gasteiger partial charge in [0.15, 0.2) is 6.10 Å². The lowest BCUT2D eigenvalue weighted by atomic mass is 9.81. The zero-order chi connectivity index (χ0) is 18.7. The Kier molecular flexibility index (Phi) is 5.76. The Morgan fingerprint density at radius 1 is 1.04 bits per heavy atom. The SMILES string of the molecule is CCC(Oc1ccc2ccccc2c1)C(=O)NC(C)(C)CC(C)(C)C. The minimum atomic E-state index is -0.486. The molecule has 0 aliphatic rings. The number of carbonyl (C=O) groups is 1. The first-order valence-corrected chi connectivity index (χ1v) is 9.07. The van der Waals surface area contributed by atoms with E-state index < -0.39 is 6.10 Å². The summed E-state index contributed by atoms with van der Waals surface area (Å²) in [5.41, 5.74) is -0.118. The van der Waals surface area contributed by atoms with Gasteiger partial charge in [-0.3, -0.25) is 4.79 Å². The van der Waals surface area contributed by atoms with Gasteiger partial charge in [0.05, 0.1) is 0 Å². The molecule has 1 amide bonds. The van der Waals surface area contributed by atoms with Crippen LogP contribution in [-0.2, 0) is 4.79 Å². The zero-order valence-corrected chi connectivity index (χ0v) is 16.3. The fourth-order valence-corrected chi connectivity index (χ4v) is 3.51. The van der Waals surface area contributed by atoms with Gasteiger partial charge < -0.3 is 10.1 Å². The van der Waals surface area contributed by atoms with Crippen molar-refractivity contribution < 1.29 is 9.53 Å². The number of amides is 1. The molecule has 0 aromatic heterocycles. The van der Waals surface area contributed by atoms with Crippen LogP contribution in [0.4, 0.5) is 0 Å². The van der Waals surface area contributed by atoms with Gasteiger partial charge >= 0.3 is 0 Å². The Morgan fingerprint density at radius 3 is 2.28 bits per heavy atom. The lowest BCUT2D eigenvalue weighted by Crippen LogP contribution is -2.50. The number of ether oxygens (including phenoxy) is 1. The van der Waals surface area contributed by atoms with Crippen LogP contribution in [0.5, 0.6) is 5.75 Å². The van der Waals surface area contributed by atoms with Crippen molar-refractivity contribution in [3.05, 3.63) is 42.5 Å². The number of fused-ring (bicyclic) bond motifs is 1. The van der Waals surface area contributed by atoms with Crippen LogP contribution in [-0.4, -0.2) is 17.6 Å². The molecule has 3 nitrogen and oxygen atoms in total. The maximum Gasteiger partial charge on any atom is 0.261 e. The predicted octanol–water partition coefficient (Wildman–Crippen LogP) is 5.33. The summed E-state index contributed by atoms with van der Waals surface area (Å²) in [6.45, 7) is 12.7. The quantitative estimate of drug-likeness (QED) is 0.771. The minimum absolute atomic E-state index is 0.0510. The Bertz CT molecular complexity index is 728. The molecule has 0 spiro atoms. The van der Waals surface area contributed by atoms with Gasteiger partial charge in [0.25, 0.3) is 5.91 Å². The number of hydrogen-bond donors (Lipinski definition) is 1. The molecule has 1 unspecified atom stereocenters. The fraction of sp³-hybridized carbons (Fsp3) is 0.500. The summed E-state index contributed by atoms with van der Waals surface area (Å²) >= 11 is 0. The lowest BCUT2D eigenvalue weighted by molar-refractivity contribution is -0.130. The van der Waals surface area contributed by atoms with E-state index in [-0.39, 0.29) is 16.9 Å². The van der Waals surface area contributed by atoms with Crippen molar-refractivity contribution in [3.8, 4) is 5.75 Å². The average molecular weight is 341 g/mol. The first-order valence-electron chi connectivity index (χ1n) is 9.07. The Morgan fingerprint density at radius 2 is 1.68 bits per heavy atom. The van der Waals surface area contributed by atoms with Gasteiger partial charge in [-0.2, -0.15) is 0 Å². The molecule has 136 valence electrons. The van der Waals surface area contributed by atoms with Gasteiger partial charge in [-0.1, -0.05) is 58.0 Å². The number of rotatable bonds is 6. The molecule has 2 aromatic rings. The van der Waals surface area contributed by atoms with Gasteiger partial charge in [0, 0.05) is 5.54 Å². The second kappa shape index (κ2) is 7.47. The number of nitrogens with one attached hydrogen (secondary N) is 1. The van der Waals surface area contributed by atoms with Crippen molar-refractivity contribution in [2.24, 2.45) is 5.41 Å². The molecular formula is C22H31NO2. The summed E-state index contributed by atoms with van der Waals surface area (Å²) in [5, 5.41) is 5.44. The van der Waals surface area contributed by atoms with Crippen molar-refractivity contribution in [1.82, 2.24) is 5.32 Å². The molecule has 0 radical (unpaired) electrons. The highest BCUT2D eigenvalue weighted by Crippen LogP contribution is 2.27. The number of carbonyl (C=O) groups excluding carboxylic acids is 1. The molecule has 0 saturated carbocycles. The van der Waals surface area contributed by atoms with E-state index >= 15 is 0 Å². The van der Waals surface area contributed by atoms with E-state index in [2.05, 4.69) is 52.1 Å². The topological polar surface area (TPSA) is 38.3 Å². The lowest BCUT2D eigenvalue weighted by Gasteiger charge is -2.34. The summed E-state index contributed by atoms with van der Waals surface area (Å²) in [7, 11) is 0. The molecule has 2 aromatic carbocycles. The highest BCUT2D eigenvalue weighted by molar-refractivity contribution is 5.84. The van der Waals surface area contributed by atoms with E-state index in [0.717, 1.165) is 17.6 Å². The van der Waals surface area contributed by atoms with Gasteiger partial charge in [0.1, 0.15) is 5.75 Å². The average Bonchev–Trinajstić information content (AvgIpc) is 2.49. The molecule has 0 aliphatic carbocycles. The molecule has 0 bridgehead atoms. The molecule has 0 aliphatic heterocycles. The summed E-state index contributed by atoms with van der Waals surface area (Å²) in [6, 6.07) is 14.1. The molecule has 2 rings (SSSR count). The standard InChI is InChI=1S/C22H31NO2/c1-7-19(20(24)23-22(5,6)15-21(2,3)4)25-18-13-12-16-10-8-9-11-17(16)14-18/h8-14,19H,7,15H2,1-6H3,(H,23,24). The fourth-order valence-electron chi connectivity index (χ4n) is 3.51. The molecule has 0 heterocycles. The molecule has 0 fully saturated rings. The summed E-state index contributed by atoms with van der Waals surface area (Å²) in [5.74, 6) is 0.680. The van der Waals surface area contributed by atoms with Crippen LogP contribution >= 0.6 is 0 Å². The van der Waals surface area contributed by atoms with Crippen LogP contribution in [0.1, 0.15) is 54.4 Å². The smallest absolute Gasteiger partial charge is 0.261 e. The van der Waals surface area contributed by atoms with E-state index in [1.165, 1.54) is 5.39 Å². The highest BCUT2D eigenvalue weighted by atomic mass is 16.5. The predicted molar refractivity (Wildman–Crippen MR) is 105 cm³/mol. The van der Waals surface area contributed by atoms with Gasteiger partial charge in [0.2, 0.25) is 0 Å². The Labute approximate surface area is 151 Å². The van der Waals surface area contributed by atoms with Crippen LogP contribution in [0.3, 0.4) is 0 Å². The number of benzene rings is 2. The Hall–Kier alpha value is -2.03. The summed E-state index contributed by atoms with van der Waals surface area (Å²) in [6.07, 6.45) is 1.04. The van der Waals surface area contributed by atoms with Gasteiger partial charge in [-0.25, -0.2) is 0 Å². The zero-order valence-electron chi connectivity index (χ0n) is 16.3. The molecule has 1 N–H and O–H groups in total. The normalized spacial score (nSPS) is 13.5. The van der Waals surface area contributed by atoms with Crippen molar-refractivity contribution in [3.63, 3.8) is 0 Å².